The van der Waals surface area contributed by atoms with Gasteiger partial charge in [-0.3, -0.25) is 4.99 Å². The first-order valence-corrected chi connectivity index (χ1v) is 9.67. The molecule has 2 atom stereocenters. The van der Waals surface area contributed by atoms with E-state index in [1.54, 1.807) is 7.05 Å². The molecular weight excluding hydrogens is 330 g/mol. The smallest absolute Gasteiger partial charge is 0.407 e. The highest BCUT2D eigenvalue weighted by Crippen LogP contribution is 2.35. The molecule has 7 heteroatoms. The summed E-state index contributed by atoms with van der Waals surface area (Å²) in [5.41, 5.74) is -0.309. The van der Waals surface area contributed by atoms with E-state index in [4.69, 9.17) is 4.74 Å². The highest BCUT2D eigenvalue weighted by atomic mass is 16.6. The Morgan fingerprint density at radius 2 is 1.88 bits per heavy atom. The molecule has 26 heavy (non-hydrogen) atoms. The lowest BCUT2D eigenvalue weighted by atomic mass is 9.75. The summed E-state index contributed by atoms with van der Waals surface area (Å²) in [4.78, 5) is 18.3. The second-order valence-electron chi connectivity index (χ2n) is 8.60. The molecule has 0 heterocycles. The van der Waals surface area contributed by atoms with Crippen LogP contribution in [0.25, 0.3) is 0 Å². The first kappa shape index (κ1) is 22.5. The van der Waals surface area contributed by atoms with Crippen molar-refractivity contribution in [1.29, 1.82) is 0 Å². The van der Waals surface area contributed by atoms with Gasteiger partial charge in [-0.25, -0.2) is 4.79 Å². The van der Waals surface area contributed by atoms with Crippen LogP contribution in [0.15, 0.2) is 4.99 Å². The molecule has 0 aliphatic heterocycles. The molecule has 1 rings (SSSR count). The topological polar surface area (TPSA) is 78.0 Å². The third kappa shape index (κ3) is 7.81. The number of carbonyl (C=O) groups excluding carboxylic acids is 1. The number of carbonyl (C=O) groups is 1. The van der Waals surface area contributed by atoms with Crippen LogP contribution in [0.4, 0.5) is 4.79 Å². The minimum absolute atomic E-state index is 0.171. The maximum absolute atomic E-state index is 11.6. The van der Waals surface area contributed by atoms with Gasteiger partial charge in [0.25, 0.3) is 0 Å². The van der Waals surface area contributed by atoms with Crippen molar-refractivity contribution in [2.24, 2.45) is 10.9 Å². The molecule has 0 bridgehead atoms. The summed E-state index contributed by atoms with van der Waals surface area (Å²) in [7, 11) is 6.10. The minimum Gasteiger partial charge on any atom is -0.444 e. The highest BCUT2D eigenvalue weighted by molar-refractivity contribution is 5.79. The van der Waals surface area contributed by atoms with Crippen molar-refractivity contribution in [3.05, 3.63) is 0 Å². The van der Waals surface area contributed by atoms with Crippen LogP contribution in [0.5, 0.6) is 0 Å². The second kappa shape index (κ2) is 10.00. The number of ether oxygens (including phenoxy) is 1. The van der Waals surface area contributed by atoms with Crippen LogP contribution in [-0.4, -0.2) is 68.9 Å². The average molecular weight is 370 g/mol. The Balaban J connectivity index is 2.39. The predicted octanol–water partition coefficient (Wildman–Crippen LogP) is 2.19. The van der Waals surface area contributed by atoms with E-state index in [0.717, 1.165) is 18.4 Å². The van der Waals surface area contributed by atoms with Crippen molar-refractivity contribution in [3.63, 3.8) is 0 Å². The Labute approximate surface area is 159 Å². The van der Waals surface area contributed by atoms with Crippen molar-refractivity contribution in [2.75, 3.05) is 40.8 Å². The van der Waals surface area contributed by atoms with E-state index >= 15 is 0 Å². The zero-order valence-electron chi connectivity index (χ0n) is 17.7. The summed E-state index contributed by atoms with van der Waals surface area (Å²) < 4.78 is 5.22. The van der Waals surface area contributed by atoms with Crippen LogP contribution in [-0.2, 0) is 4.74 Å². The molecule has 0 radical (unpaired) electrons. The molecule has 1 amide bonds. The van der Waals surface area contributed by atoms with E-state index in [0.29, 0.717) is 13.1 Å². The van der Waals surface area contributed by atoms with Gasteiger partial charge in [0.15, 0.2) is 5.96 Å². The fourth-order valence-electron chi connectivity index (χ4n) is 3.49. The van der Waals surface area contributed by atoms with Crippen LogP contribution in [0.1, 0.15) is 53.4 Å². The lowest BCUT2D eigenvalue weighted by molar-refractivity contribution is 0.0529. The number of hydrogen-bond donors (Lipinski definition) is 3. The molecule has 152 valence electrons. The summed E-state index contributed by atoms with van der Waals surface area (Å²) in [6.45, 7) is 9.82. The van der Waals surface area contributed by atoms with Crippen molar-refractivity contribution in [3.8, 4) is 0 Å². The molecule has 1 aliphatic carbocycles. The van der Waals surface area contributed by atoms with Crippen molar-refractivity contribution in [1.82, 2.24) is 20.9 Å². The summed E-state index contributed by atoms with van der Waals surface area (Å²) in [6, 6.07) is 0. The Morgan fingerprint density at radius 1 is 1.23 bits per heavy atom. The van der Waals surface area contributed by atoms with E-state index in [2.05, 4.69) is 46.9 Å². The van der Waals surface area contributed by atoms with Gasteiger partial charge in [0.1, 0.15) is 5.60 Å². The quantitative estimate of drug-likeness (QED) is 0.380. The Kier molecular flexibility index (Phi) is 8.67. The standard InChI is InChI=1S/C19H39N5O2/c1-15-9-8-10-19(13-15,24(6)7)14-23-16(20-5)21-11-12-22-17(25)26-18(2,3)4/h15H,8-14H2,1-7H3,(H,22,25)(H2,20,21,23). The highest BCUT2D eigenvalue weighted by Gasteiger charge is 2.36. The number of nitrogens with one attached hydrogen (secondary N) is 3. The molecule has 0 saturated heterocycles. The third-order valence-corrected chi connectivity index (χ3v) is 4.91. The average Bonchev–Trinajstić information content (AvgIpc) is 2.52. The number of nitrogens with zero attached hydrogens (tertiary/aromatic N) is 2. The lowest BCUT2D eigenvalue weighted by Crippen LogP contribution is -2.56. The van der Waals surface area contributed by atoms with E-state index in [9.17, 15) is 4.79 Å². The largest absolute Gasteiger partial charge is 0.444 e. The van der Waals surface area contributed by atoms with Gasteiger partial charge in [-0.2, -0.15) is 0 Å². The number of guanidine groups is 1. The van der Waals surface area contributed by atoms with Gasteiger partial charge in [-0.15, -0.1) is 0 Å². The second-order valence-corrected chi connectivity index (χ2v) is 8.60. The lowest BCUT2D eigenvalue weighted by Gasteiger charge is -2.45. The molecular formula is C19H39N5O2. The molecule has 1 fully saturated rings. The number of alkyl carbamates (subject to hydrolysis) is 1. The zero-order chi connectivity index (χ0) is 19.8. The maximum atomic E-state index is 11.6. The molecule has 2 unspecified atom stereocenters. The van der Waals surface area contributed by atoms with Gasteiger partial charge < -0.3 is 25.6 Å². The Hall–Kier alpha value is -1.50. The van der Waals surface area contributed by atoms with Gasteiger partial charge in [0.05, 0.1) is 0 Å². The van der Waals surface area contributed by atoms with Gasteiger partial charge in [-0.05, 0) is 53.6 Å². The molecule has 1 saturated carbocycles. The summed E-state index contributed by atoms with van der Waals surface area (Å²) in [5, 5.41) is 9.45. The van der Waals surface area contributed by atoms with E-state index in [1.165, 1.54) is 25.7 Å². The first-order chi connectivity index (χ1) is 12.1. The number of aliphatic imine (C=N–C) groups is 1. The SMILES string of the molecule is CN=C(NCCNC(=O)OC(C)(C)C)NCC1(N(C)C)CCCC(C)C1. The minimum atomic E-state index is -0.479. The Bertz CT molecular complexity index is 473. The third-order valence-electron chi connectivity index (χ3n) is 4.91. The molecule has 3 N–H and O–H groups in total. The van der Waals surface area contributed by atoms with Gasteiger partial charge in [0.2, 0.25) is 0 Å². The normalized spacial score (nSPS) is 24.3. The molecule has 0 aromatic heterocycles. The number of rotatable bonds is 6. The Morgan fingerprint density at radius 3 is 2.42 bits per heavy atom. The molecule has 0 aromatic carbocycles. The van der Waals surface area contributed by atoms with Crippen molar-refractivity contribution < 1.29 is 9.53 Å². The summed E-state index contributed by atoms with van der Waals surface area (Å²) in [6.07, 6.45) is 4.59. The van der Waals surface area contributed by atoms with E-state index in [1.807, 2.05) is 20.8 Å². The van der Waals surface area contributed by atoms with Gasteiger partial charge in [-0.1, -0.05) is 19.8 Å². The number of hydrogen-bond acceptors (Lipinski definition) is 4. The summed E-state index contributed by atoms with van der Waals surface area (Å²) in [5.74, 6) is 1.51. The monoisotopic (exact) mass is 369 g/mol. The molecule has 1 aliphatic rings. The van der Waals surface area contributed by atoms with Gasteiger partial charge >= 0.3 is 6.09 Å². The fourth-order valence-corrected chi connectivity index (χ4v) is 3.49. The zero-order valence-corrected chi connectivity index (χ0v) is 17.7. The summed E-state index contributed by atoms with van der Waals surface area (Å²) >= 11 is 0. The maximum Gasteiger partial charge on any atom is 0.407 e. The van der Waals surface area contributed by atoms with Gasteiger partial charge in [0, 0.05) is 32.2 Å². The molecule has 7 nitrogen and oxygen atoms in total. The van der Waals surface area contributed by atoms with Crippen LogP contribution in [0, 0.1) is 5.92 Å². The first-order valence-electron chi connectivity index (χ1n) is 9.67. The van der Waals surface area contributed by atoms with Crippen LogP contribution >= 0.6 is 0 Å². The molecule has 0 spiro atoms. The number of amides is 1. The number of likely N-dealkylation sites (N-methyl/N-ethyl adjacent to an activating group) is 1. The fraction of sp³-hybridized carbons (Fsp3) is 0.895. The van der Waals surface area contributed by atoms with Crippen molar-refractivity contribution >= 4 is 12.1 Å². The van der Waals surface area contributed by atoms with Crippen LogP contribution in [0.2, 0.25) is 0 Å². The van der Waals surface area contributed by atoms with E-state index in [-0.39, 0.29) is 5.54 Å². The van der Waals surface area contributed by atoms with Crippen LogP contribution < -0.4 is 16.0 Å². The van der Waals surface area contributed by atoms with Crippen LogP contribution in [0.3, 0.4) is 0 Å². The predicted molar refractivity (Wildman–Crippen MR) is 108 cm³/mol. The molecule has 0 aromatic rings. The van der Waals surface area contributed by atoms with Crippen molar-refractivity contribution in [2.45, 2.75) is 64.5 Å². The van der Waals surface area contributed by atoms with E-state index < -0.39 is 11.7 Å².